The third kappa shape index (κ3) is 2.47. The minimum atomic E-state index is -1.13. The maximum Gasteiger partial charge on any atom is 0.253 e. The summed E-state index contributed by atoms with van der Waals surface area (Å²) in [7, 11) is 0. The maximum absolute atomic E-state index is 9.90. The van der Waals surface area contributed by atoms with Crippen LogP contribution in [-0.4, -0.2) is 55.8 Å². The quantitative estimate of drug-likeness (QED) is 0.632. The Morgan fingerprint density at radius 3 is 2.76 bits per heavy atom. The molecule has 0 spiro atoms. The van der Waals surface area contributed by atoms with E-state index in [1.165, 1.54) is 22.8 Å². The number of hydrogen-bond donors (Lipinski definition) is 2. The molecule has 2 N–H and O–H groups in total. The van der Waals surface area contributed by atoms with Crippen molar-refractivity contribution in [2.24, 2.45) is 0 Å². The largest absolute Gasteiger partial charge is 0.387 e. The second-order valence-corrected chi connectivity index (χ2v) is 5.89. The second-order valence-electron chi connectivity index (χ2n) is 4.68. The van der Waals surface area contributed by atoms with Crippen molar-refractivity contribution in [3.8, 4) is 0 Å². The van der Waals surface area contributed by atoms with Crippen LogP contribution >= 0.6 is 23.4 Å². The van der Waals surface area contributed by atoms with E-state index in [1.807, 2.05) is 6.26 Å². The van der Waals surface area contributed by atoms with Crippen LogP contribution in [-0.2, 0) is 4.74 Å². The molecule has 2 aromatic rings. The van der Waals surface area contributed by atoms with Gasteiger partial charge in [-0.2, -0.15) is 4.73 Å². The molecule has 21 heavy (non-hydrogen) atoms. The summed E-state index contributed by atoms with van der Waals surface area (Å²) in [6.07, 6.45) is 1.32. The predicted molar refractivity (Wildman–Crippen MR) is 77.2 cm³/mol. The molecule has 1 aliphatic heterocycles. The standard InChI is InChI=1S/C12H14ClN3O4S/c1-5-8(17)9(18)12(19-5)20-16-3-6(21-2)7-10(13)14-4-15-11(7)16/h3-5,8-9,12,17-18H,1-2H3/t5-,8-,9-,12+/m1/s1. The minimum absolute atomic E-state index is 0.327. The number of aromatic nitrogens is 3. The van der Waals surface area contributed by atoms with Crippen molar-refractivity contribution in [3.05, 3.63) is 17.7 Å². The van der Waals surface area contributed by atoms with Gasteiger partial charge in [0.1, 0.15) is 23.7 Å². The molecule has 9 heteroatoms. The molecular formula is C12H14ClN3O4S. The van der Waals surface area contributed by atoms with Gasteiger partial charge in [-0.1, -0.05) is 11.6 Å². The van der Waals surface area contributed by atoms with Gasteiger partial charge in [-0.15, -0.1) is 11.8 Å². The van der Waals surface area contributed by atoms with Crippen LogP contribution in [0.3, 0.4) is 0 Å². The van der Waals surface area contributed by atoms with Crippen LogP contribution in [0.1, 0.15) is 6.92 Å². The Hall–Kier alpha value is -1.06. The molecule has 7 nitrogen and oxygen atoms in total. The molecular weight excluding hydrogens is 318 g/mol. The first-order chi connectivity index (χ1) is 10.0. The van der Waals surface area contributed by atoms with Gasteiger partial charge in [0, 0.05) is 4.90 Å². The first-order valence-electron chi connectivity index (χ1n) is 6.27. The number of aliphatic hydroxyl groups is 2. The fourth-order valence-corrected chi connectivity index (χ4v) is 3.09. The van der Waals surface area contributed by atoms with Gasteiger partial charge in [0.15, 0.2) is 5.65 Å². The number of thioether (sulfide) groups is 1. The molecule has 0 bridgehead atoms. The summed E-state index contributed by atoms with van der Waals surface area (Å²) in [5, 5.41) is 20.6. The molecule has 3 rings (SSSR count). The Morgan fingerprint density at radius 1 is 1.38 bits per heavy atom. The SMILES string of the molecule is CSc1cn(O[C@@H]2O[C@H](C)[C@@H](O)[C@H]2O)c2ncnc(Cl)c12. The first kappa shape index (κ1) is 14.9. The van der Waals surface area contributed by atoms with Gasteiger partial charge < -0.3 is 19.8 Å². The molecule has 1 fully saturated rings. The van der Waals surface area contributed by atoms with E-state index >= 15 is 0 Å². The summed E-state index contributed by atoms with van der Waals surface area (Å²) in [5.74, 6) is 0. The highest BCUT2D eigenvalue weighted by molar-refractivity contribution is 7.98. The summed E-state index contributed by atoms with van der Waals surface area (Å²) >= 11 is 7.57. The Bertz CT molecular complexity index is 667. The van der Waals surface area contributed by atoms with Crippen LogP contribution in [0.2, 0.25) is 5.15 Å². The van der Waals surface area contributed by atoms with E-state index in [0.29, 0.717) is 16.2 Å². The Morgan fingerprint density at radius 2 is 2.14 bits per heavy atom. The van der Waals surface area contributed by atoms with Crippen molar-refractivity contribution in [1.29, 1.82) is 0 Å². The molecule has 4 atom stereocenters. The Kier molecular flexibility index (Phi) is 3.98. The van der Waals surface area contributed by atoms with E-state index in [1.54, 1.807) is 13.1 Å². The monoisotopic (exact) mass is 331 g/mol. The van der Waals surface area contributed by atoms with Crippen LogP contribution in [0.5, 0.6) is 0 Å². The van der Waals surface area contributed by atoms with Crippen LogP contribution < -0.4 is 4.84 Å². The molecule has 0 saturated carbocycles. The number of nitrogens with zero attached hydrogens (tertiary/aromatic N) is 3. The predicted octanol–water partition coefficient (Wildman–Crippen LogP) is 0.702. The number of ether oxygens (including phenoxy) is 1. The van der Waals surface area contributed by atoms with E-state index in [-0.39, 0.29) is 0 Å². The topological polar surface area (TPSA) is 89.6 Å². The van der Waals surface area contributed by atoms with E-state index < -0.39 is 24.6 Å². The smallest absolute Gasteiger partial charge is 0.253 e. The molecule has 0 radical (unpaired) electrons. The van der Waals surface area contributed by atoms with Crippen molar-refractivity contribution in [2.45, 2.75) is 36.4 Å². The number of fused-ring (bicyclic) bond motifs is 1. The number of aliphatic hydroxyl groups excluding tert-OH is 2. The second kappa shape index (κ2) is 5.62. The van der Waals surface area contributed by atoms with E-state index in [4.69, 9.17) is 21.2 Å². The van der Waals surface area contributed by atoms with Gasteiger partial charge in [-0.25, -0.2) is 9.97 Å². The first-order valence-corrected chi connectivity index (χ1v) is 7.87. The zero-order valence-corrected chi connectivity index (χ0v) is 12.9. The highest BCUT2D eigenvalue weighted by Crippen LogP contribution is 2.31. The average molecular weight is 332 g/mol. The lowest BCUT2D eigenvalue weighted by atomic mass is 10.2. The molecule has 1 aliphatic rings. The van der Waals surface area contributed by atoms with Gasteiger partial charge in [-0.3, -0.25) is 0 Å². The van der Waals surface area contributed by atoms with Crippen molar-refractivity contribution in [2.75, 3.05) is 6.26 Å². The fraction of sp³-hybridized carbons (Fsp3) is 0.500. The summed E-state index contributed by atoms with van der Waals surface area (Å²) in [6, 6.07) is 0. The molecule has 0 aromatic carbocycles. The van der Waals surface area contributed by atoms with Crippen molar-refractivity contribution >= 4 is 34.4 Å². The van der Waals surface area contributed by atoms with Gasteiger partial charge in [-0.05, 0) is 13.2 Å². The van der Waals surface area contributed by atoms with Gasteiger partial charge in [0.05, 0.1) is 17.7 Å². The molecule has 2 aromatic heterocycles. The molecule has 114 valence electrons. The van der Waals surface area contributed by atoms with Crippen molar-refractivity contribution in [3.63, 3.8) is 0 Å². The van der Waals surface area contributed by atoms with Gasteiger partial charge in [0.2, 0.25) is 0 Å². The molecule has 3 heterocycles. The zero-order valence-electron chi connectivity index (χ0n) is 11.3. The van der Waals surface area contributed by atoms with Crippen molar-refractivity contribution < 1.29 is 19.8 Å². The van der Waals surface area contributed by atoms with Crippen LogP contribution in [0.15, 0.2) is 17.4 Å². The zero-order chi connectivity index (χ0) is 15.1. The molecule has 1 saturated heterocycles. The summed E-state index contributed by atoms with van der Waals surface area (Å²) in [6.45, 7) is 1.66. The van der Waals surface area contributed by atoms with Crippen LogP contribution in [0, 0.1) is 0 Å². The third-order valence-electron chi connectivity index (χ3n) is 3.37. The normalized spacial score (nSPS) is 29.2. The third-order valence-corrected chi connectivity index (χ3v) is 4.40. The number of hydrogen-bond acceptors (Lipinski definition) is 7. The minimum Gasteiger partial charge on any atom is -0.387 e. The highest BCUT2D eigenvalue weighted by Gasteiger charge is 2.42. The lowest BCUT2D eigenvalue weighted by Crippen LogP contribution is -2.37. The van der Waals surface area contributed by atoms with Gasteiger partial charge >= 0.3 is 0 Å². The molecule has 0 aliphatic carbocycles. The molecule has 0 unspecified atom stereocenters. The van der Waals surface area contributed by atoms with Gasteiger partial charge in [0.25, 0.3) is 6.29 Å². The molecule has 0 amide bonds. The summed E-state index contributed by atoms with van der Waals surface area (Å²) in [4.78, 5) is 14.5. The fourth-order valence-electron chi connectivity index (χ4n) is 2.21. The van der Waals surface area contributed by atoms with Crippen LogP contribution in [0.25, 0.3) is 11.0 Å². The number of halogens is 1. The lowest BCUT2D eigenvalue weighted by Gasteiger charge is -2.16. The number of rotatable bonds is 3. The summed E-state index contributed by atoms with van der Waals surface area (Å²) in [5.41, 5.74) is 0.476. The highest BCUT2D eigenvalue weighted by atomic mass is 35.5. The summed E-state index contributed by atoms with van der Waals surface area (Å²) < 4.78 is 6.77. The Balaban J connectivity index is 1.97. The van der Waals surface area contributed by atoms with E-state index in [9.17, 15) is 10.2 Å². The lowest BCUT2D eigenvalue weighted by molar-refractivity contribution is -0.162. The van der Waals surface area contributed by atoms with Crippen molar-refractivity contribution in [1.82, 2.24) is 14.7 Å². The van der Waals surface area contributed by atoms with E-state index in [0.717, 1.165) is 4.90 Å². The van der Waals surface area contributed by atoms with Crippen LogP contribution in [0.4, 0.5) is 0 Å². The maximum atomic E-state index is 9.90. The average Bonchev–Trinajstić information content (AvgIpc) is 2.94. The van der Waals surface area contributed by atoms with E-state index in [2.05, 4.69) is 9.97 Å². The Labute approximate surface area is 129 Å².